The van der Waals surface area contributed by atoms with Crippen LogP contribution in [0.4, 0.5) is 5.69 Å². The quantitative estimate of drug-likeness (QED) is 0.812. The Morgan fingerprint density at radius 3 is 2.40 bits per heavy atom. The second-order valence-electron chi connectivity index (χ2n) is 6.80. The first-order valence-corrected chi connectivity index (χ1v) is 8.78. The number of halogens is 1. The van der Waals surface area contributed by atoms with Crippen LogP contribution in [0.15, 0.2) is 18.2 Å². The van der Waals surface area contributed by atoms with E-state index in [1.807, 2.05) is 32.0 Å². The molecule has 1 fully saturated rings. The highest BCUT2D eigenvalue weighted by molar-refractivity contribution is 5.95. The van der Waals surface area contributed by atoms with Gasteiger partial charge in [-0.25, -0.2) is 0 Å². The molecule has 1 aliphatic heterocycles. The van der Waals surface area contributed by atoms with Gasteiger partial charge in [0.15, 0.2) is 0 Å². The van der Waals surface area contributed by atoms with E-state index in [4.69, 9.17) is 0 Å². The van der Waals surface area contributed by atoms with E-state index in [9.17, 15) is 9.59 Å². The molecule has 0 atom stereocenters. The van der Waals surface area contributed by atoms with E-state index in [0.717, 1.165) is 49.2 Å². The van der Waals surface area contributed by atoms with Crippen LogP contribution in [0.3, 0.4) is 0 Å². The van der Waals surface area contributed by atoms with Crippen LogP contribution in [-0.2, 0) is 9.59 Å². The van der Waals surface area contributed by atoms with Gasteiger partial charge in [-0.05, 0) is 63.2 Å². The SMILES string of the molecule is Cc1cccc(C)c1NC(=O)CN(C)C(=O)CCC1CCNCC1.Cl. The van der Waals surface area contributed by atoms with Gasteiger partial charge in [0, 0.05) is 19.2 Å². The number of benzene rings is 1. The number of aryl methyl sites for hydroxylation is 2. The van der Waals surface area contributed by atoms with Gasteiger partial charge >= 0.3 is 0 Å². The molecule has 0 unspecified atom stereocenters. The Kier molecular flexibility index (Phi) is 8.93. The molecule has 0 aromatic heterocycles. The Balaban J connectivity index is 0.00000312. The van der Waals surface area contributed by atoms with Gasteiger partial charge < -0.3 is 15.5 Å². The molecule has 0 aliphatic carbocycles. The summed E-state index contributed by atoms with van der Waals surface area (Å²) in [5.74, 6) is 0.530. The van der Waals surface area contributed by atoms with Gasteiger partial charge in [-0.2, -0.15) is 0 Å². The van der Waals surface area contributed by atoms with Crippen LogP contribution in [0.25, 0.3) is 0 Å². The highest BCUT2D eigenvalue weighted by atomic mass is 35.5. The van der Waals surface area contributed by atoms with Crippen LogP contribution < -0.4 is 10.6 Å². The number of carbonyl (C=O) groups is 2. The van der Waals surface area contributed by atoms with E-state index in [2.05, 4.69) is 10.6 Å². The fraction of sp³-hybridized carbons (Fsp3) is 0.579. The molecule has 0 spiro atoms. The first-order chi connectivity index (χ1) is 11.5. The summed E-state index contributed by atoms with van der Waals surface area (Å²) >= 11 is 0. The molecule has 2 N–H and O–H groups in total. The first kappa shape index (κ1) is 21.5. The first-order valence-electron chi connectivity index (χ1n) is 8.78. The molecule has 0 bridgehead atoms. The topological polar surface area (TPSA) is 61.4 Å². The minimum atomic E-state index is -0.148. The third kappa shape index (κ3) is 6.67. The van der Waals surface area contributed by atoms with Gasteiger partial charge in [0.25, 0.3) is 0 Å². The summed E-state index contributed by atoms with van der Waals surface area (Å²) in [7, 11) is 1.70. The molecule has 2 amide bonds. The average Bonchev–Trinajstić information content (AvgIpc) is 2.57. The molecule has 1 aromatic rings. The molecule has 1 aliphatic rings. The molecule has 140 valence electrons. The normalized spacial score (nSPS) is 14.5. The molecular formula is C19H30ClN3O2. The zero-order chi connectivity index (χ0) is 17.5. The van der Waals surface area contributed by atoms with Crippen molar-refractivity contribution >= 4 is 29.9 Å². The highest BCUT2D eigenvalue weighted by Gasteiger charge is 2.18. The average molecular weight is 368 g/mol. The lowest BCUT2D eigenvalue weighted by molar-refractivity contribution is -0.133. The van der Waals surface area contributed by atoms with Crippen LogP contribution in [0.1, 0.15) is 36.8 Å². The minimum absolute atomic E-state index is 0. The lowest BCUT2D eigenvalue weighted by Gasteiger charge is -2.23. The van der Waals surface area contributed by atoms with Crippen molar-refractivity contribution in [3.05, 3.63) is 29.3 Å². The van der Waals surface area contributed by atoms with Crippen LogP contribution in [0, 0.1) is 19.8 Å². The summed E-state index contributed by atoms with van der Waals surface area (Å²) in [4.78, 5) is 26.0. The zero-order valence-electron chi connectivity index (χ0n) is 15.4. The molecule has 0 saturated carbocycles. The number of hydrogen-bond acceptors (Lipinski definition) is 3. The minimum Gasteiger partial charge on any atom is -0.336 e. The van der Waals surface area contributed by atoms with Crippen molar-refractivity contribution in [2.24, 2.45) is 5.92 Å². The summed E-state index contributed by atoms with van der Waals surface area (Å²) in [5.41, 5.74) is 2.91. The Hall–Kier alpha value is -1.59. The van der Waals surface area contributed by atoms with Gasteiger partial charge in [-0.3, -0.25) is 9.59 Å². The van der Waals surface area contributed by atoms with Crippen LogP contribution in [0.5, 0.6) is 0 Å². The lowest BCUT2D eigenvalue weighted by Crippen LogP contribution is -2.35. The predicted octanol–water partition coefficient (Wildman–Crippen LogP) is 2.90. The summed E-state index contributed by atoms with van der Waals surface area (Å²) in [6.45, 7) is 6.13. The molecule has 1 aromatic carbocycles. The smallest absolute Gasteiger partial charge is 0.243 e. The summed E-state index contributed by atoms with van der Waals surface area (Å²) < 4.78 is 0. The van der Waals surface area contributed by atoms with E-state index >= 15 is 0 Å². The molecular weight excluding hydrogens is 338 g/mol. The van der Waals surface area contributed by atoms with Gasteiger partial charge in [-0.15, -0.1) is 12.4 Å². The van der Waals surface area contributed by atoms with Crippen molar-refractivity contribution in [2.75, 3.05) is 32.0 Å². The lowest BCUT2D eigenvalue weighted by atomic mass is 9.93. The molecule has 25 heavy (non-hydrogen) atoms. The number of anilines is 1. The molecule has 2 rings (SSSR count). The Morgan fingerprint density at radius 2 is 1.80 bits per heavy atom. The van der Waals surface area contributed by atoms with Crippen molar-refractivity contribution in [3.63, 3.8) is 0 Å². The standard InChI is InChI=1S/C19H29N3O2.ClH/c1-14-5-4-6-15(2)19(14)21-17(23)13-22(3)18(24)8-7-16-9-11-20-12-10-16;/h4-6,16,20H,7-13H2,1-3H3,(H,21,23);1H. The number of piperidine rings is 1. The van der Waals surface area contributed by atoms with Gasteiger partial charge in [0.1, 0.15) is 0 Å². The highest BCUT2D eigenvalue weighted by Crippen LogP contribution is 2.20. The van der Waals surface area contributed by atoms with E-state index in [1.165, 1.54) is 4.90 Å². The maximum absolute atomic E-state index is 12.2. The van der Waals surface area contributed by atoms with Crippen molar-refractivity contribution in [2.45, 2.75) is 39.5 Å². The molecule has 1 heterocycles. The second kappa shape index (κ2) is 10.4. The second-order valence-corrected chi connectivity index (χ2v) is 6.80. The number of rotatable bonds is 6. The molecule has 6 heteroatoms. The fourth-order valence-electron chi connectivity index (χ4n) is 3.18. The number of para-hydroxylation sites is 1. The van der Waals surface area contributed by atoms with E-state index < -0.39 is 0 Å². The van der Waals surface area contributed by atoms with E-state index in [-0.39, 0.29) is 30.8 Å². The van der Waals surface area contributed by atoms with Gasteiger partial charge in [0.2, 0.25) is 11.8 Å². The monoisotopic (exact) mass is 367 g/mol. The number of nitrogens with one attached hydrogen (secondary N) is 2. The van der Waals surface area contributed by atoms with Crippen molar-refractivity contribution < 1.29 is 9.59 Å². The predicted molar refractivity (Wildman–Crippen MR) is 104 cm³/mol. The van der Waals surface area contributed by atoms with Gasteiger partial charge in [-0.1, -0.05) is 18.2 Å². The number of likely N-dealkylation sites (N-methyl/N-ethyl adjacent to an activating group) is 1. The number of carbonyl (C=O) groups excluding carboxylic acids is 2. The van der Waals surface area contributed by atoms with Crippen LogP contribution in [0.2, 0.25) is 0 Å². The van der Waals surface area contributed by atoms with E-state index in [0.29, 0.717) is 12.3 Å². The maximum Gasteiger partial charge on any atom is 0.243 e. The summed E-state index contributed by atoms with van der Waals surface area (Å²) in [6, 6.07) is 5.91. The van der Waals surface area contributed by atoms with Crippen molar-refractivity contribution in [3.8, 4) is 0 Å². The number of hydrogen-bond donors (Lipinski definition) is 2. The third-order valence-electron chi connectivity index (χ3n) is 4.78. The Labute approximate surface area is 157 Å². The van der Waals surface area contributed by atoms with Crippen LogP contribution in [-0.4, -0.2) is 43.4 Å². The maximum atomic E-state index is 12.2. The fourth-order valence-corrected chi connectivity index (χ4v) is 3.18. The zero-order valence-corrected chi connectivity index (χ0v) is 16.2. The summed E-state index contributed by atoms with van der Waals surface area (Å²) in [5, 5.41) is 6.26. The number of amides is 2. The Morgan fingerprint density at radius 1 is 1.20 bits per heavy atom. The summed E-state index contributed by atoms with van der Waals surface area (Å²) in [6.07, 6.45) is 3.73. The van der Waals surface area contributed by atoms with Crippen molar-refractivity contribution in [1.82, 2.24) is 10.2 Å². The third-order valence-corrected chi connectivity index (χ3v) is 4.78. The number of nitrogens with zero attached hydrogens (tertiary/aromatic N) is 1. The molecule has 0 radical (unpaired) electrons. The van der Waals surface area contributed by atoms with Crippen molar-refractivity contribution in [1.29, 1.82) is 0 Å². The van der Waals surface area contributed by atoms with Gasteiger partial charge in [0.05, 0.1) is 6.54 Å². The van der Waals surface area contributed by atoms with Crippen LogP contribution >= 0.6 is 12.4 Å². The largest absolute Gasteiger partial charge is 0.336 e. The Bertz CT molecular complexity index is 566. The van der Waals surface area contributed by atoms with E-state index in [1.54, 1.807) is 7.05 Å². The molecule has 1 saturated heterocycles. The molecule has 5 nitrogen and oxygen atoms in total.